The van der Waals surface area contributed by atoms with Crippen LogP contribution in [0.1, 0.15) is 20.3 Å². The van der Waals surface area contributed by atoms with Gasteiger partial charge in [-0.25, -0.2) is 14.8 Å². The minimum absolute atomic E-state index is 0.0759. The number of nitrogens with two attached hydrogens (primary N) is 2. The van der Waals surface area contributed by atoms with E-state index in [0.717, 1.165) is 14.6 Å². The molecule has 0 saturated carbocycles. The second-order valence-corrected chi connectivity index (χ2v) is 7.13. The lowest BCUT2D eigenvalue weighted by molar-refractivity contribution is 0.0296. The third kappa shape index (κ3) is 4.12. The molecular weight excluding hydrogens is 409 g/mol. The molecule has 0 aliphatic carbocycles. The van der Waals surface area contributed by atoms with Crippen LogP contribution >= 0.6 is 22.6 Å². The molecule has 0 aliphatic heterocycles. The van der Waals surface area contributed by atoms with E-state index in [4.69, 9.17) is 16.2 Å². The first-order valence-corrected chi connectivity index (χ1v) is 8.17. The lowest BCUT2D eigenvalue weighted by atomic mass is 9.93. The van der Waals surface area contributed by atoms with Crippen molar-refractivity contribution in [1.29, 1.82) is 0 Å². The molecule has 0 fully saturated rings. The summed E-state index contributed by atoms with van der Waals surface area (Å²) in [5, 5.41) is 0.851. The summed E-state index contributed by atoms with van der Waals surface area (Å²) in [6.45, 7) is 8.18. The van der Waals surface area contributed by atoms with E-state index >= 15 is 0 Å². The zero-order valence-electron chi connectivity index (χ0n) is 13.1. The van der Waals surface area contributed by atoms with Crippen LogP contribution in [-0.4, -0.2) is 26.2 Å². The molecule has 0 bridgehead atoms. The number of fused-ring (bicyclic) bond motifs is 1. The molecule has 4 N–H and O–H groups in total. The number of allylic oxidation sites excluding steroid dienone is 1. The van der Waals surface area contributed by atoms with Crippen molar-refractivity contribution in [2.75, 3.05) is 5.73 Å². The van der Waals surface area contributed by atoms with E-state index in [1.165, 1.54) is 6.33 Å². The highest BCUT2D eigenvalue weighted by Crippen LogP contribution is 2.28. The van der Waals surface area contributed by atoms with E-state index in [2.05, 4.69) is 39.1 Å². The molecule has 1 amide bonds. The monoisotopic (exact) mass is 429 g/mol. The maximum Gasteiger partial charge on any atom is 0.405 e. The predicted molar refractivity (Wildman–Crippen MR) is 97.7 cm³/mol. The minimum Gasteiger partial charge on any atom is -0.444 e. The average Bonchev–Trinajstić information content (AvgIpc) is 2.74. The first-order valence-electron chi connectivity index (χ1n) is 7.09. The van der Waals surface area contributed by atoms with Crippen LogP contribution in [0.4, 0.5) is 10.6 Å². The fraction of sp³-hybridized carbons (Fsp3) is 0.400. The summed E-state index contributed by atoms with van der Waals surface area (Å²) >= 11 is 2.22. The summed E-state index contributed by atoms with van der Waals surface area (Å²) in [6, 6.07) is 0. The van der Waals surface area contributed by atoms with Crippen molar-refractivity contribution in [3.63, 3.8) is 0 Å². The molecule has 1 atom stereocenters. The molecule has 0 aromatic carbocycles. The van der Waals surface area contributed by atoms with Crippen LogP contribution in [-0.2, 0) is 11.3 Å². The van der Waals surface area contributed by atoms with Gasteiger partial charge in [-0.2, -0.15) is 0 Å². The Morgan fingerprint density at radius 1 is 1.57 bits per heavy atom. The number of anilines is 1. The predicted octanol–water partition coefficient (Wildman–Crippen LogP) is 2.68. The summed E-state index contributed by atoms with van der Waals surface area (Å²) in [5.74, 6) is 0.539. The third-order valence-corrected chi connectivity index (χ3v) is 4.35. The highest BCUT2D eigenvalue weighted by atomic mass is 127. The number of hydrogen-bond donors (Lipinski definition) is 2. The van der Waals surface area contributed by atoms with Crippen LogP contribution in [0, 0.1) is 9.49 Å². The molecular formula is C15H20IN5O2. The van der Waals surface area contributed by atoms with Crippen LogP contribution in [0.5, 0.6) is 0 Å². The minimum atomic E-state index is -0.778. The van der Waals surface area contributed by atoms with Gasteiger partial charge in [-0.15, -0.1) is 6.58 Å². The number of carbonyl (C=O) groups excluding carboxylic acids is 1. The van der Waals surface area contributed by atoms with Crippen LogP contribution in [0.15, 0.2) is 25.2 Å². The largest absolute Gasteiger partial charge is 0.444 e. The summed E-state index contributed by atoms with van der Waals surface area (Å²) in [5.41, 5.74) is 11.2. The van der Waals surface area contributed by atoms with E-state index in [-0.39, 0.29) is 5.92 Å². The van der Waals surface area contributed by atoms with Crippen molar-refractivity contribution in [2.45, 2.75) is 32.4 Å². The molecule has 0 radical (unpaired) electrons. The van der Waals surface area contributed by atoms with Gasteiger partial charge >= 0.3 is 6.09 Å². The highest BCUT2D eigenvalue weighted by Gasteiger charge is 2.26. The maximum atomic E-state index is 11.0. The molecule has 2 aromatic heterocycles. The average molecular weight is 429 g/mol. The summed E-state index contributed by atoms with van der Waals surface area (Å²) in [4.78, 5) is 19.3. The van der Waals surface area contributed by atoms with Crippen molar-refractivity contribution in [3.8, 4) is 0 Å². The molecule has 8 heteroatoms. The van der Waals surface area contributed by atoms with Gasteiger partial charge in [0.1, 0.15) is 23.4 Å². The number of carbonyl (C=O) groups is 1. The van der Waals surface area contributed by atoms with Gasteiger partial charge in [0.25, 0.3) is 0 Å². The SMILES string of the molecule is C=C[C@H](Cn1cc(I)c2c(N)ncnc21)CC(C)(C)OC(N)=O. The Morgan fingerprint density at radius 3 is 2.87 bits per heavy atom. The number of ether oxygens (including phenoxy) is 1. The number of aromatic nitrogens is 3. The number of hydrogen-bond acceptors (Lipinski definition) is 5. The third-order valence-electron chi connectivity index (χ3n) is 3.53. The van der Waals surface area contributed by atoms with E-state index in [1.54, 1.807) is 0 Å². The van der Waals surface area contributed by atoms with Crippen LogP contribution < -0.4 is 11.5 Å². The van der Waals surface area contributed by atoms with Gasteiger partial charge in [-0.3, -0.25) is 0 Å². The molecule has 2 rings (SSSR count). The lowest BCUT2D eigenvalue weighted by Gasteiger charge is -2.27. The molecule has 0 unspecified atom stereocenters. The molecule has 7 nitrogen and oxygen atoms in total. The number of rotatable bonds is 6. The number of halogens is 1. The highest BCUT2D eigenvalue weighted by molar-refractivity contribution is 14.1. The Labute approximate surface area is 148 Å². The second kappa shape index (κ2) is 6.73. The topological polar surface area (TPSA) is 109 Å². The molecule has 0 aliphatic rings. The molecule has 23 heavy (non-hydrogen) atoms. The molecule has 124 valence electrons. The van der Waals surface area contributed by atoms with Crippen LogP contribution in [0.2, 0.25) is 0 Å². The Kier molecular flexibility index (Phi) is 5.12. The van der Waals surface area contributed by atoms with Crippen molar-refractivity contribution in [2.24, 2.45) is 11.7 Å². The van der Waals surface area contributed by atoms with Crippen molar-refractivity contribution >= 4 is 45.5 Å². The summed E-state index contributed by atoms with van der Waals surface area (Å²) < 4.78 is 8.16. The number of primary amides is 1. The van der Waals surface area contributed by atoms with E-state index < -0.39 is 11.7 Å². The van der Waals surface area contributed by atoms with Gasteiger partial charge in [0.05, 0.1) is 5.39 Å². The van der Waals surface area contributed by atoms with Gasteiger partial charge in [0.2, 0.25) is 0 Å². The number of nitrogens with zero attached hydrogens (tertiary/aromatic N) is 3. The number of amides is 1. The first-order chi connectivity index (χ1) is 10.7. The summed E-state index contributed by atoms with van der Waals surface area (Å²) in [7, 11) is 0. The van der Waals surface area contributed by atoms with Crippen molar-refractivity contribution in [3.05, 3.63) is 28.7 Å². The first kappa shape index (κ1) is 17.5. The Hall–Kier alpha value is -1.84. The Morgan fingerprint density at radius 2 is 2.26 bits per heavy atom. The maximum absolute atomic E-state index is 11.0. The van der Waals surface area contributed by atoms with Crippen LogP contribution in [0.25, 0.3) is 11.0 Å². The normalized spacial score (nSPS) is 13.0. The van der Waals surface area contributed by atoms with E-state index in [0.29, 0.717) is 18.8 Å². The standard InChI is InChI=1S/C15H20IN5O2/c1-4-9(5-15(2,3)23-14(18)22)6-21-7-10(16)11-12(17)19-8-20-13(11)21/h4,7-9H,1,5-6H2,2-3H3,(H2,18,22)(H2,17,19,20)/t9-/m0/s1. The lowest BCUT2D eigenvalue weighted by Crippen LogP contribution is -2.33. The quantitative estimate of drug-likeness (QED) is 0.542. The van der Waals surface area contributed by atoms with Crippen molar-refractivity contribution < 1.29 is 9.53 Å². The molecule has 2 aromatic rings. The fourth-order valence-electron chi connectivity index (χ4n) is 2.66. The van der Waals surface area contributed by atoms with Gasteiger partial charge in [0.15, 0.2) is 0 Å². The smallest absolute Gasteiger partial charge is 0.405 e. The fourth-order valence-corrected chi connectivity index (χ4v) is 3.51. The molecule has 0 spiro atoms. The van der Waals surface area contributed by atoms with Gasteiger partial charge in [-0.1, -0.05) is 6.08 Å². The van der Waals surface area contributed by atoms with Crippen LogP contribution in [0.3, 0.4) is 0 Å². The number of nitrogen functional groups attached to an aromatic ring is 1. The molecule has 0 saturated heterocycles. The Bertz CT molecular complexity index is 741. The van der Waals surface area contributed by atoms with Gasteiger partial charge in [-0.05, 0) is 48.8 Å². The second-order valence-electron chi connectivity index (χ2n) is 5.97. The van der Waals surface area contributed by atoms with E-state index in [1.807, 2.05) is 30.7 Å². The molecule has 2 heterocycles. The van der Waals surface area contributed by atoms with Crippen molar-refractivity contribution in [1.82, 2.24) is 14.5 Å². The zero-order valence-corrected chi connectivity index (χ0v) is 15.3. The zero-order chi connectivity index (χ0) is 17.2. The summed E-state index contributed by atoms with van der Waals surface area (Å²) in [6.07, 6.45) is 5.09. The van der Waals surface area contributed by atoms with E-state index in [9.17, 15) is 4.79 Å². The Balaban J connectivity index is 2.25. The van der Waals surface area contributed by atoms with Gasteiger partial charge < -0.3 is 20.8 Å². The van der Waals surface area contributed by atoms with Gasteiger partial charge in [0, 0.05) is 16.3 Å².